The summed E-state index contributed by atoms with van der Waals surface area (Å²) in [7, 11) is 0. The van der Waals surface area contributed by atoms with E-state index in [-0.39, 0.29) is 12.6 Å². The molecule has 24 heavy (non-hydrogen) atoms. The lowest BCUT2D eigenvalue weighted by Crippen LogP contribution is -2.30. The number of hydrogen-bond acceptors (Lipinski definition) is 3. The van der Waals surface area contributed by atoms with E-state index in [2.05, 4.69) is 9.97 Å². The number of hydrogen-bond donors (Lipinski definition) is 2. The van der Waals surface area contributed by atoms with Crippen LogP contribution in [0.5, 0.6) is 6.01 Å². The zero-order valence-electron chi connectivity index (χ0n) is 13.3. The third-order valence-electron chi connectivity index (χ3n) is 3.78. The molecule has 2 aromatic carbocycles. The van der Waals surface area contributed by atoms with Gasteiger partial charge in [0, 0.05) is 5.56 Å². The highest BCUT2D eigenvalue weighted by molar-refractivity contribution is 6.34. The van der Waals surface area contributed by atoms with E-state index >= 15 is 0 Å². The number of ether oxygens (including phenoxy) is 1. The fourth-order valence-corrected chi connectivity index (χ4v) is 2.50. The summed E-state index contributed by atoms with van der Waals surface area (Å²) in [5.74, 6) is -0.923. The average molecular weight is 345 g/mol. The van der Waals surface area contributed by atoms with Gasteiger partial charge in [0.25, 0.3) is 6.01 Å². The summed E-state index contributed by atoms with van der Waals surface area (Å²) >= 11 is 6.37. The van der Waals surface area contributed by atoms with E-state index in [9.17, 15) is 4.79 Å². The molecule has 1 aromatic heterocycles. The molecule has 0 aliphatic heterocycles. The molecule has 0 unspecified atom stereocenters. The number of aromatic amines is 1. The van der Waals surface area contributed by atoms with Gasteiger partial charge >= 0.3 is 5.97 Å². The maximum absolute atomic E-state index is 11.1. The summed E-state index contributed by atoms with van der Waals surface area (Å²) in [5.41, 5.74) is 2.34. The third kappa shape index (κ3) is 3.21. The topological polar surface area (TPSA) is 75.2 Å². The minimum Gasteiger partial charge on any atom is -0.481 e. The first kappa shape index (κ1) is 16.3. The number of carboxylic acids is 1. The Kier molecular flexibility index (Phi) is 4.20. The predicted octanol–water partition coefficient (Wildman–Crippen LogP) is 4.37. The highest BCUT2D eigenvalue weighted by Crippen LogP contribution is 2.32. The Hall–Kier alpha value is -2.53. The Bertz CT molecular complexity index is 888. The number of fused-ring (bicyclic) bond motifs is 1. The summed E-state index contributed by atoms with van der Waals surface area (Å²) < 4.78 is 5.51. The molecule has 5 nitrogen and oxygen atoms in total. The van der Waals surface area contributed by atoms with Gasteiger partial charge in [0.2, 0.25) is 0 Å². The second-order valence-electron chi connectivity index (χ2n) is 6.23. The van der Waals surface area contributed by atoms with Crippen molar-refractivity contribution in [2.24, 2.45) is 5.41 Å². The molecule has 0 amide bonds. The van der Waals surface area contributed by atoms with Crippen molar-refractivity contribution in [3.05, 3.63) is 47.5 Å². The Morgan fingerprint density at radius 3 is 2.67 bits per heavy atom. The van der Waals surface area contributed by atoms with Gasteiger partial charge in [-0.3, -0.25) is 4.79 Å². The summed E-state index contributed by atoms with van der Waals surface area (Å²) in [5, 5.41) is 9.74. The highest BCUT2D eigenvalue weighted by Gasteiger charge is 2.28. The van der Waals surface area contributed by atoms with Crippen molar-refractivity contribution >= 4 is 28.6 Å². The molecule has 3 rings (SSSR count). The molecule has 2 N–H and O–H groups in total. The first-order chi connectivity index (χ1) is 11.4. The van der Waals surface area contributed by atoms with Gasteiger partial charge in [-0.25, -0.2) is 0 Å². The lowest BCUT2D eigenvalue weighted by molar-refractivity contribution is -0.148. The van der Waals surface area contributed by atoms with Crippen molar-refractivity contribution in [2.45, 2.75) is 13.8 Å². The van der Waals surface area contributed by atoms with Crippen LogP contribution in [0, 0.1) is 5.41 Å². The lowest BCUT2D eigenvalue weighted by Gasteiger charge is -2.17. The van der Waals surface area contributed by atoms with Crippen LogP contribution in [-0.2, 0) is 4.79 Å². The molecule has 0 fully saturated rings. The molecule has 0 spiro atoms. The molecule has 0 atom stereocenters. The zero-order valence-corrected chi connectivity index (χ0v) is 14.1. The number of aliphatic carboxylic acids is 1. The molecule has 3 aromatic rings. The van der Waals surface area contributed by atoms with E-state index in [0.29, 0.717) is 10.5 Å². The molecule has 0 bridgehead atoms. The second-order valence-corrected chi connectivity index (χ2v) is 6.64. The van der Waals surface area contributed by atoms with E-state index in [0.717, 1.165) is 16.6 Å². The summed E-state index contributed by atoms with van der Waals surface area (Å²) in [4.78, 5) is 18.5. The van der Waals surface area contributed by atoms with Crippen molar-refractivity contribution < 1.29 is 14.6 Å². The van der Waals surface area contributed by atoms with Crippen LogP contribution in [0.4, 0.5) is 0 Å². The van der Waals surface area contributed by atoms with Crippen molar-refractivity contribution in [1.82, 2.24) is 9.97 Å². The van der Waals surface area contributed by atoms with Crippen LogP contribution in [0.2, 0.25) is 5.02 Å². The molecule has 0 saturated carbocycles. The molecular formula is C18H17ClN2O3. The number of halogens is 1. The Balaban J connectivity index is 1.90. The minimum atomic E-state index is -0.994. The number of H-pyrrole nitrogens is 1. The molecule has 0 aliphatic rings. The first-order valence-corrected chi connectivity index (χ1v) is 7.85. The largest absolute Gasteiger partial charge is 0.481 e. The smallest absolute Gasteiger partial charge is 0.312 e. The summed E-state index contributed by atoms with van der Waals surface area (Å²) in [6.07, 6.45) is 0. The standard InChI is InChI=1S/C18H17ClN2O3/c1-18(2,16(22)23)10-24-17-20-14-8-12(11-6-4-3-5-7-11)13(19)9-15(14)21-17/h3-9H,10H2,1-2H3,(H,20,21)(H,22,23). The predicted molar refractivity (Wildman–Crippen MR) is 93.5 cm³/mol. The van der Waals surface area contributed by atoms with Crippen LogP contribution in [0.25, 0.3) is 22.2 Å². The number of rotatable bonds is 5. The van der Waals surface area contributed by atoms with Crippen molar-refractivity contribution in [2.75, 3.05) is 6.61 Å². The van der Waals surface area contributed by atoms with Crippen molar-refractivity contribution in [1.29, 1.82) is 0 Å². The van der Waals surface area contributed by atoms with Crippen LogP contribution >= 0.6 is 11.6 Å². The van der Waals surface area contributed by atoms with Gasteiger partial charge in [-0.1, -0.05) is 41.9 Å². The average Bonchev–Trinajstić information content (AvgIpc) is 2.94. The van der Waals surface area contributed by atoms with Gasteiger partial charge in [-0.15, -0.1) is 0 Å². The third-order valence-corrected chi connectivity index (χ3v) is 4.10. The van der Waals surface area contributed by atoms with Crippen LogP contribution in [0.3, 0.4) is 0 Å². The Morgan fingerprint density at radius 1 is 1.29 bits per heavy atom. The van der Waals surface area contributed by atoms with Crippen LogP contribution in [0.1, 0.15) is 13.8 Å². The normalized spacial score (nSPS) is 11.6. The SMILES string of the molecule is CC(C)(COc1nc2cc(-c3ccccc3)c(Cl)cc2[nH]1)C(=O)O. The zero-order chi connectivity index (χ0) is 17.3. The van der Waals surface area contributed by atoms with E-state index in [1.54, 1.807) is 19.9 Å². The number of carbonyl (C=O) groups is 1. The number of carboxylic acid groups (broad SMARTS) is 1. The molecule has 0 saturated heterocycles. The van der Waals surface area contributed by atoms with Crippen molar-refractivity contribution in [3.8, 4) is 17.1 Å². The van der Waals surface area contributed by atoms with Crippen LogP contribution in [0.15, 0.2) is 42.5 Å². The number of nitrogens with zero attached hydrogens (tertiary/aromatic N) is 1. The van der Waals surface area contributed by atoms with Crippen LogP contribution < -0.4 is 4.74 Å². The maximum atomic E-state index is 11.1. The van der Waals surface area contributed by atoms with E-state index in [1.807, 2.05) is 36.4 Å². The number of aromatic nitrogens is 2. The first-order valence-electron chi connectivity index (χ1n) is 7.48. The van der Waals surface area contributed by atoms with Gasteiger partial charge in [-0.2, -0.15) is 4.98 Å². The summed E-state index contributed by atoms with van der Waals surface area (Å²) in [6, 6.07) is 13.8. The molecule has 0 radical (unpaired) electrons. The fraction of sp³-hybridized carbons (Fsp3) is 0.222. The molecular weight excluding hydrogens is 328 g/mol. The Labute approximate surface area is 144 Å². The van der Waals surface area contributed by atoms with Gasteiger partial charge in [0.05, 0.1) is 21.5 Å². The van der Waals surface area contributed by atoms with E-state index < -0.39 is 11.4 Å². The maximum Gasteiger partial charge on any atom is 0.312 e. The van der Waals surface area contributed by atoms with Gasteiger partial charge in [-0.05, 0) is 31.5 Å². The number of imidazole rings is 1. The molecule has 6 heteroatoms. The monoisotopic (exact) mass is 344 g/mol. The number of nitrogens with one attached hydrogen (secondary N) is 1. The van der Waals surface area contributed by atoms with Gasteiger partial charge in [0.15, 0.2) is 0 Å². The quantitative estimate of drug-likeness (QED) is 0.720. The lowest BCUT2D eigenvalue weighted by atomic mass is 9.95. The van der Waals surface area contributed by atoms with Crippen LogP contribution in [-0.4, -0.2) is 27.7 Å². The second kappa shape index (κ2) is 6.17. The summed E-state index contributed by atoms with van der Waals surface area (Å²) in [6.45, 7) is 3.21. The van der Waals surface area contributed by atoms with Gasteiger partial charge in [0.1, 0.15) is 6.61 Å². The van der Waals surface area contributed by atoms with Crippen molar-refractivity contribution in [3.63, 3.8) is 0 Å². The molecule has 1 heterocycles. The molecule has 124 valence electrons. The number of benzene rings is 2. The fourth-order valence-electron chi connectivity index (χ4n) is 2.22. The van der Waals surface area contributed by atoms with Gasteiger partial charge < -0.3 is 14.8 Å². The molecule has 0 aliphatic carbocycles. The minimum absolute atomic E-state index is 0.0153. The van der Waals surface area contributed by atoms with E-state index in [1.165, 1.54) is 0 Å². The van der Waals surface area contributed by atoms with E-state index in [4.69, 9.17) is 21.4 Å². The highest BCUT2D eigenvalue weighted by atomic mass is 35.5. The Morgan fingerprint density at radius 2 is 2.00 bits per heavy atom.